The Morgan fingerprint density at radius 2 is 2.04 bits per heavy atom. The van der Waals surface area contributed by atoms with Crippen LogP contribution in [0.3, 0.4) is 0 Å². The molecule has 3 rings (SSSR count). The molecule has 5 nitrogen and oxygen atoms in total. The predicted octanol–water partition coefficient (Wildman–Crippen LogP) is 5.55. The predicted molar refractivity (Wildman–Crippen MR) is 106 cm³/mol. The molecule has 1 heterocycles. The Kier molecular flexibility index (Phi) is 5.90. The van der Waals surface area contributed by atoms with Crippen LogP contribution in [0.5, 0.6) is 0 Å². The average molecular weight is 453 g/mol. The molecule has 2 aromatic carbocycles. The fourth-order valence-electron chi connectivity index (χ4n) is 2.32. The monoisotopic (exact) mass is 451 g/mol. The molecule has 0 aliphatic heterocycles. The number of carbonyl (C=O) groups is 1. The Hall–Kier alpha value is -1.96. The van der Waals surface area contributed by atoms with Crippen molar-refractivity contribution in [3.05, 3.63) is 69.8 Å². The van der Waals surface area contributed by atoms with Crippen molar-refractivity contribution in [3.8, 4) is 5.69 Å². The van der Waals surface area contributed by atoms with Crippen LogP contribution in [0.2, 0.25) is 5.02 Å². The maximum absolute atomic E-state index is 11.1. The number of rotatable bonds is 5. The van der Waals surface area contributed by atoms with Gasteiger partial charge < -0.3 is 10.0 Å². The second kappa shape index (κ2) is 8.16. The molecule has 0 fully saturated rings. The minimum Gasteiger partial charge on any atom is -0.465 e. The summed E-state index contributed by atoms with van der Waals surface area (Å²) in [6.07, 6.45) is -1.00. The smallest absolute Gasteiger partial charge is 0.407 e. The second-order valence-electron chi connectivity index (χ2n) is 5.54. The molecule has 0 atom stereocenters. The Balaban J connectivity index is 2.01. The molecule has 0 bridgehead atoms. The Morgan fingerprint density at radius 1 is 1.27 bits per heavy atom. The molecule has 0 unspecified atom stereocenters. The molecule has 0 radical (unpaired) electrons. The van der Waals surface area contributed by atoms with Gasteiger partial charge in [0.1, 0.15) is 5.03 Å². The van der Waals surface area contributed by atoms with Gasteiger partial charge in [0.15, 0.2) is 0 Å². The summed E-state index contributed by atoms with van der Waals surface area (Å²) >= 11 is 11.4. The number of para-hydroxylation sites is 1. The first-order chi connectivity index (χ1) is 12.4. The molecule has 0 aliphatic rings. The van der Waals surface area contributed by atoms with Gasteiger partial charge in [0.05, 0.1) is 22.9 Å². The first-order valence-corrected chi connectivity index (χ1v) is 9.64. The van der Waals surface area contributed by atoms with Gasteiger partial charge in [0.25, 0.3) is 0 Å². The quantitative estimate of drug-likeness (QED) is 0.551. The van der Waals surface area contributed by atoms with Gasteiger partial charge in [0.2, 0.25) is 0 Å². The summed E-state index contributed by atoms with van der Waals surface area (Å²) < 4.78 is 2.73. The van der Waals surface area contributed by atoms with Crippen molar-refractivity contribution in [1.82, 2.24) is 14.7 Å². The largest absolute Gasteiger partial charge is 0.465 e. The van der Waals surface area contributed by atoms with Crippen LogP contribution in [0.25, 0.3) is 5.69 Å². The number of hydrogen-bond donors (Lipinski definition) is 1. The van der Waals surface area contributed by atoms with E-state index in [1.807, 2.05) is 48.5 Å². The van der Waals surface area contributed by atoms with E-state index in [0.29, 0.717) is 10.7 Å². The van der Waals surface area contributed by atoms with Gasteiger partial charge in [-0.2, -0.15) is 5.10 Å². The Labute approximate surface area is 168 Å². The highest BCUT2D eigenvalue weighted by Gasteiger charge is 2.16. The van der Waals surface area contributed by atoms with Gasteiger partial charge >= 0.3 is 6.09 Å². The molecule has 26 heavy (non-hydrogen) atoms. The van der Waals surface area contributed by atoms with Crippen LogP contribution >= 0.6 is 39.3 Å². The number of hydrogen-bond acceptors (Lipinski definition) is 3. The number of benzene rings is 2. The molecule has 0 saturated carbocycles. The average Bonchev–Trinajstić information content (AvgIpc) is 2.97. The van der Waals surface area contributed by atoms with Crippen LogP contribution in [-0.2, 0) is 6.54 Å². The maximum Gasteiger partial charge on any atom is 0.407 e. The van der Waals surface area contributed by atoms with Gasteiger partial charge in [-0.05, 0) is 36.4 Å². The van der Waals surface area contributed by atoms with Crippen molar-refractivity contribution in [1.29, 1.82) is 0 Å². The zero-order valence-corrected chi connectivity index (χ0v) is 16.9. The molecule has 1 N–H and O–H groups in total. The van der Waals surface area contributed by atoms with E-state index in [0.717, 1.165) is 20.1 Å². The molecule has 0 aliphatic carbocycles. The Bertz CT molecular complexity index is 948. The summed E-state index contributed by atoms with van der Waals surface area (Å²) in [5.74, 6) is 0. The fraction of sp³-hybridized carbons (Fsp3) is 0.111. The van der Waals surface area contributed by atoms with Crippen molar-refractivity contribution in [3.63, 3.8) is 0 Å². The van der Waals surface area contributed by atoms with Crippen molar-refractivity contribution in [2.45, 2.75) is 16.5 Å². The SMILES string of the molecule is CN(Cc1cc(Sc2cccc(Br)c2)n(-c2ccccc2Cl)n1)C(=O)O. The van der Waals surface area contributed by atoms with E-state index in [1.54, 1.807) is 10.7 Å². The van der Waals surface area contributed by atoms with E-state index in [-0.39, 0.29) is 6.54 Å². The standard InChI is InChI=1S/C18H15BrClN3O2S/c1-22(18(24)25)11-13-10-17(26-14-6-4-5-12(19)9-14)23(21-13)16-8-3-2-7-15(16)20/h2-10H,11H2,1H3,(H,24,25). The van der Waals surface area contributed by atoms with Gasteiger partial charge in [-0.15, -0.1) is 0 Å². The third-order valence-corrected chi connectivity index (χ3v) is 5.35. The number of nitrogens with zero attached hydrogens (tertiary/aromatic N) is 3. The zero-order valence-electron chi connectivity index (χ0n) is 13.8. The van der Waals surface area contributed by atoms with Crippen LogP contribution in [0.15, 0.2) is 69.0 Å². The zero-order chi connectivity index (χ0) is 18.7. The van der Waals surface area contributed by atoms with Gasteiger partial charge in [0, 0.05) is 16.4 Å². The summed E-state index contributed by atoms with van der Waals surface area (Å²) in [4.78, 5) is 13.3. The third-order valence-electron chi connectivity index (χ3n) is 3.55. The van der Waals surface area contributed by atoms with Crippen molar-refractivity contribution in [2.24, 2.45) is 0 Å². The molecule has 8 heteroatoms. The highest BCUT2D eigenvalue weighted by Crippen LogP contribution is 2.33. The molecule has 0 spiro atoms. The Morgan fingerprint density at radius 3 is 2.73 bits per heavy atom. The van der Waals surface area contributed by atoms with Crippen LogP contribution < -0.4 is 0 Å². The van der Waals surface area contributed by atoms with Crippen LogP contribution in [-0.4, -0.2) is 32.9 Å². The minimum absolute atomic E-state index is 0.193. The maximum atomic E-state index is 11.1. The summed E-state index contributed by atoms with van der Waals surface area (Å²) in [5.41, 5.74) is 1.39. The van der Waals surface area contributed by atoms with Gasteiger partial charge in [-0.1, -0.05) is 57.5 Å². The van der Waals surface area contributed by atoms with E-state index in [1.165, 1.54) is 23.7 Å². The summed E-state index contributed by atoms with van der Waals surface area (Å²) in [6.45, 7) is 0.193. The summed E-state index contributed by atoms with van der Waals surface area (Å²) in [6, 6.07) is 17.2. The van der Waals surface area contributed by atoms with Crippen molar-refractivity contribution in [2.75, 3.05) is 7.05 Å². The number of carboxylic acid groups (broad SMARTS) is 1. The van der Waals surface area contributed by atoms with Crippen molar-refractivity contribution < 1.29 is 9.90 Å². The molecule has 1 amide bonds. The van der Waals surface area contributed by atoms with Crippen LogP contribution in [0, 0.1) is 0 Å². The second-order valence-corrected chi connectivity index (χ2v) is 7.95. The lowest BCUT2D eigenvalue weighted by atomic mass is 10.3. The third kappa shape index (κ3) is 4.41. The minimum atomic E-state index is -1.00. The van der Waals surface area contributed by atoms with Gasteiger partial charge in [-0.3, -0.25) is 0 Å². The summed E-state index contributed by atoms with van der Waals surface area (Å²) in [5, 5.41) is 15.1. The lowest BCUT2D eigenvalue weighted by molar-refractivity contribution is 0.153. The molecular weight excluding hydrogens is 438 g/mol. The highest BCUT2D eigenvalue weighted by atomic mass is 79.9. The number of halogens is 2. The molecule has 3 aromatic rings. The first-order valence-electron chi connectivity index (χ1n) is 7.65. The molecule has 0 saturated heterocycles. The van der Waals surface area contributed by atoms with E-state index in [4.69, 9.17) is 16.7 Å². The van der Waals surface area contributed by atoms with E-state index >= 15 is 0 Å². The molecule has 1 aromatic heterocycles. The number of aromatic nitrogens is 2. The molecular formula is C18H15BrClN3O2S. The molecule has 134 valence electrons. The van der Waals surface area contributed by atoms with Crippen molar-refractivity contribution >= 4 is 45.4 Å². The topological polar surface area (TPSA) is 58.4 Å². The fourth-order valence-corrected chi connectivity index (χ4v) is 4.08. The van der Waals surface area contributed by atoms with Crippen LogP contribution in [0.4, 0.5) is 4.79 Å². The first kappa shape index (κ1) is 18.8. The van der Waals surface area contributed by atoms with E-state index in [2.05, 4.69) is 21.0 Å². The highest BCUT2D eigenvalue weighted by molar-refractivity contribution is 9.10. The number of amides is 1. The normalized spacial score (nSPS) is 10.7. The van der Waals surface area contributed by atoms with Crippen LogP contribution in [0.1, 0.15) is 5.69 Å². The van der Waals surface area contributed by atoms with E-state index in [9.17, 15) is 4.79 Å². The lowest BCUT2D eigenvalue weighted by Crippen LogP contribution is -2.24. The summed E-state index contributed by atoms with van der Waals surface area (Å²) in [7, 11) is 1.51. The van der Waals surface area contributed by atoms with Gasteiger partial charge in [-0.25, -0.2) is 9.48 Å². The lowest BCUT2D eigenvalue weighted by Gasteiger charge is -2.10. The van der Waals surface area contributed by atoms with E-state index < -0.39 is 6.09 Å².